The van der Waals surface area contributed by atoms with Crippen molar-refractivity contribution < 1.29 is 22.7 Å². The molecule has 3 rings (SSSR count). The number of aromatic nitrogens is 1. The fourth-order valence-electron chi connectivity index (χ4n) is 3.82. The van der Waals surface area contributed by atoms with E-state index in [0.29, 0.717) is 11.3 Å². The topological polar surface area (TPSA) is 92.2 Å². The summed E-state index contributed by atoms with van der Waals surface area (Å²) >= 11 is 0. The smallest absolute Gasteiger partial charge is 0.315 e. The van der Waals surface area contributed by atoms with Gasteiger partial charge < -0.3 is 15.4 Å². The van der Waals surface area contributed by atoms with E-state index in [0.717, 1.165) is 16.0 Å². The van der Waals surface area contributed by atoms with Crippen molar-refractivity contribution in [3.8, 4) is 17.2 Å². The Morgan fingerprint density at radius 1 is 1.26 bits per heavy atom. The van der Waals surface area contributed by atoms with Gasteiger partial charge in [0.2, 0.25) is 0 Å². The van der Waals surface area contributed by atoms with Crippen molar-refractivity contribution in [2.45, 2.75) is 50.6 Å². The van der Waals surface area contributed by atoms with Crippen LogP contribution in [-0.4, -0.2) is 40.7 Å². The van der Waals surface area contributed by atoms with Gasteiger partial charge in [-0.2, -0.15) is 14.0 Å². The third-order valence-electron chi connectivity index (χ3n) is 5.31. The number of pyridine rings is 1. The van der Waals surface area contributed by atoms with Gasteiger partial charge in [0, 0.05) is 11.8 Å². The van der Waals surface area contributed by atoms with E-state index < -0.39 is 42.9 Å². The first kappa shape index (κ1) is 22.7. The van der Waals surface area contributed by atoms with Crippen LogP contribution < -0.4 is 5.73 Å². The zero-order chi connectivity index (χ0) is 22.8. The largest absolute Gasteiger partial charge is 0.346 e. The van der Waals surface area contributed by atoms with Crippen molar-refractivity contribution >= 4 is 5.91 Å². The maximum absolute atomic E-state index is 13.8. The minimum Gasteiger partial charge on any atom is -0.346 e. The molecule has 2 N–H and O–H groups in total. The molecule has 0 aliphatic carbocycles. The Balaban J connectivity index is 1.82. The number of rotatable bonds is 6. The van der Waals surface area contributed by atoms with Crippen molar-refractivity contribution in [1.82, 2.24) is 9.88 Å². The number of hydrogen-bond acceptors (Lipinski definition) is 5. The van der Waals surface area contributed by atoms with E-state index in [1.807, 2.05) is 12.1 Å². The number of ether oxygens (including phenoxy) is 1. The van der Waals surface area contributed by atoms with Crippen LogP contribution in [0.3, 0.4) is 0 Å². The van der Waals surface area contributed by atoms with Crippen molar-refractivity contribution in [3.63, 3.8) is 0 Å². The summed E-state index contributed by atoms with van der Waals surface area (Å²) < 4.78 is 45.7. The van der Waals surface area contributed by atoms with Gasteiger partial charge in [-0.1, -0.05) is 30.3 Å². The number of hydrogen-bond donors (Lipinski definition) is 1. The van der Waals surface area contributed by atoms with Crippen LogP contribution in [0.25, 0.3) is 11.1 Å². The quantitative estimate of drug-likeness (QED) is 0.747. The molecular weight excluding hydrogens is 409 g/mol. The lowest BCUT2D eigenvalue weighted by Gasteiger charge is -2.32. The molecule has 0 spiro atoms. The Bertz CT molecular complexity index is 958. The van der Waals surface area contributed by atoms with Gasteiger partial charge in [0.15, 0.2) is 0 Å². The number of nitrogens with zero attached hydrogens (tertiary/aromatic N) is 3. The highest BCUT2D eigenvalue weighted by atomic mass is 19.3. The number of carbonyl (C=O) groups is 1. The Morgan fingerprint density at radius 3 is 2.42 bits per heavy atom. The molecule has 1 aromatic heterocycles. The fourth-order valence-corrected chi connectivity index (χ4v) is 3.82. The van der Waals surface area contributed by atoms with Crippen molar-refractivity contribution in [2.75, 3.05) is 6.67 Å². The first-order valence-electron chi connectivity index (χ1n) is 9.73. The Hall–Kier alpha value is -2.96. The maximum atomic E-state index is 13.8. The first-order valence-corrected chi connectivity index (χ1v) is 9.73. The molecule has 3 atom stereocenters. The van der Waals surface area contributed by atoms with Crippen LogP contribution in [0.4, 0.5) is 13.2 Å². The van der Waals surface area contributed by atoms with E-state index in [1.54, 1.807) is 36.5 Å². The number of nitrogens with two attached hydrogens (primary N) is 1. The molecule has 1 amide bonds. The highest BCUT2D eigenvalue weighted by Gasteiger charge is 2.52. The fraction of sp³-hybridized carbons (Fsp3) is 0.409. The summed E-state index contributed by atoms with van der Waals surface area (Å²) in [6.45, 7) is 1.92. The molecule has 1 aliphatic heterocycles. The van der Waals surface area contributed by atoms with Crippen molar-refractivity contribution in [2.24, 2.45) is 5.73 Å². The summed E-state index contributed by atoms with van der Waals surface area (Å²) in [5.41, 5.74) is 7.33. The highest BCUT2D eigenvalue weighted by Crippen LogP contribution is 2.42. The van der Waals surface area contributed by atoms with Gasteiger partial charge in [0.05, 0.1) is 30.3 Å². The van der Waals surface area contributed by atoms with E-state index in [2.05, 4.69) is 4.98 Å². The molecule has 164 valence electrons. The van der Waals surface area contributed by atoms with Crippen molar-refractivity contribution in [1.29, 1.82) is 5.26 Å². The minimum atomic E-state index is -3.24. The number of amides is 1. The molecular formula is C22H23F3N4O2. The molecule has 0 radical (unpaired) electrons. The molecule has 9 heteroatoms. The second-order valence-corrected chi connectivity index (χ2v) is 7.78. The van der Waals surface area contributed by atoms with Crippen LogP contribution in [0.5, 0.6) is 0 Å². The molecule has 1 aliphatic rings. The number of alkyl halides is 3. The Kier molecular flexibility index (Phi) is 6.62. The van der Waals surface area contributed by atoms with Gasteiger partial charge in [-0.3, -0.25) is 9.78 Å². The van der Waals surface area contributed by atoms with E-state index in [1.165, 1.54) is 13.8 Å². The normalized spacial score (nSPS) is 21.2. The summed E-state index contributed by atoms with van der Waals surface area (Å²) in [4.78, 5) is 17.1. The number of halogens is 3. The predicted octanol–water partition coefficient (Wildman–Crippen LogP) is 3.90. The highest BCUT2D eigenvalue weighted by molar-refractivity contribution is 5.80. The van der Waals surface area contributed by atoms with Gasteiger partial charge in [0.25, 0.3) is 5.91 Å². The summed E-state index contributed by atoms with van der Waals surface area (Å²) in [7, 11) is 0. The van der Waals surface area contributed by atoms with E-state index in [-0.39, 0.29) is 6.42 Å². The average Bonchev–Trinajstić information content (AvgIpc) is 3.03. The van der Waals surface area contributed by atoms with E-state index >= 15 is 0 Å². The average molecular weight is 432 g/mol. The van der Waals surface area contributed by atoms with E-state index in [9.17, 15) is 18.0 Å². The molecule has 2 aromatic rings. The Labute approximate surface area is 178 Å². The van der Waals surface area contributed by atoms with Gasteiger partial charge in [-0.05, 0) is 31.0 Å². The summed E-state index contributed by atoms with van der Waals surface area (Å²) in [5, 5.41) is 8.74. The second-order valence-electron chi connectivity index (χ2n) is 7.78. The number of nitriles is 1. The van der Waals surface area contributed by atoms with Crippen LogP contribution in [-0.2, 0) is 9.53 Å². The van der Waals surface area contributed by atoms with Gasteiger partial charge >= 0.3 is 6.43 Å². The number of carbonyl (C=O) groups excluding carboxylic acids is 1. The predicted molar refractivity (Wildman–Crippen MR) is 107 cm³/mol. The maximum Gasteiger partial charge on any atom is 0.315 e. The third-order valence-corrected chi connectivity index (χ3v) is 5.31. The van der Waals surface area contributed by atoms with Crippen LogP contribution in [0, 0.1) is 11.3 Å². The SMILES string of the molecule is CC1(C)O[C@H](c2ccc(-c3ccc(C(N)CC#N)nc3)cc2)[C@@H](CF)N1C(=O)C(F)F. The van der Waals surface area contributed by atoms with Crippen LogP contribution in [0.2, 0.25) is 0 Å². The Morgan fingerprint density at radius 2 is 1.90 bits per heavy atom. The molecule has 1 fully saturated rings. The lowest BCUT2D eigenvalue weighted by atomic mass is 9.99. The van der Waals surface area contributed by atoms with Crippen LogP contribution in [0.1, 0.15) is 43.7 Å². The molecule has 6 nitrogen and oxygen atoms in total. The summed E-state index contributed by atoms with van der Waals surface area (Å²) in [6.07, 6.45) is -2.31. The number of benzene rings is 1. The third kappa shape index (κ3) is 4.55. The zero-order valence-corrected chi connectivity index (χ0v) is 17.1. The lowest BCUT2D eigenvalue weighted by molar-refractivity contribution is -0.159. The monoisotopic (exact) mass is 432 g/mol. The van der Waals surface area contributed by atoms with Crippen molar-refractivity contribution in [3.05, 3.63) is 53.9 Å². The van der Waals surface area contributed by atoms with Crippen LogP contribution >= 0.6 is 0 Å². The summed E-state index contributed by atoms with van der Waals surface area (Å²) in [6, 6.07) is 11.0. The zero-order valence-electron chi connectivity index (χ0n) is 17.1. The van der Waals surface area contributed by atoms with E-state index in [4.69, 9.17) is 15.7 Å². The standard InChI is InChI=1S/C22H23F3N4O2/c1-22(2)29(21(30)20(24)25)18(11-23)19(31-22)14-5-3-13(4-6-14)15-7-8-17(28-12-15)16(27)9-10-26/h3-8,12,16,18-20H,9,11,27H2,1-2H3/t16?,18-,19-/m1/s1. The van der Waals surface area contributed by atoms with Gasteiger partial charge in [-0.15, -0.1) is 0 Å². The molecule has 1 unspecified atom stereocenters. The molecule has 31 heavy (non-hydrogen) atoms. The molecule has 0 saturated carbocycles. The minimum absolute atomic E-state index is 0.166. The molecule has 1 saturated heterocycles. The van der Waals surface area contributed by atoms with Gasteiger partial charge in [-0.25, -0.2) is 4.39 Å². The molecule has 1 aromatic carbocycles. The van der Waals surface area contributed by atoms with Crippen LogP contribution in [0.15, 0.2) is 42.6 Å². The summed E-state index contributed by atoms with van der Waals surface area (Å²) in [5.74, 6) is -1.45. The molecule has 2 heterocycles. The lowest BCUT2D eigenvalue weighted by Crippen LogP contribution is -2.51. The first-order chi connectivity index (χ1) is 14.7. The van der Waals surface area contributed by atoms with Gasteiger partial charge in [0.1, 0.15) is 18.5 Å². The second kappa shape index (κ2) is 9.04. The molecule has 0 bridgehead atoms.